The lowest BCUT2D eigenvalue weighted by Gasteiger charge is -2.25. The number of carbonyl (C=O) groups is 2. The normalized spacial score (nSPS) is 23.5. The van der Waals surface area contributed by atoms with Crippen molar-refractivity contribution in [2.24, 2.45) is 5.92 Å². The van der Waals surface area contributed by atoms with Crippen LogP contribution in [0, 0.1) is 5.92 Å². The quantitative estimate of drug-likeness (QED) is 0.812. The van der Waals surface area contributed by atoms with E-state index in [4.69, 9.17) is 0 Å². The highest BCUT2D eigenvalue weighted by Gasteiger charge is 2.35. The Morgan fingerprint density at radius 2 is 1.81 bits per heavy atom. The molecule has 2 aliphatic heterocycles. The maximum atomic E-state index is 12.9. The van der Waals surface area contributed by atoms with Crippen molar-refractivity contribution in [1.29, 1.82) is 0 Å². The van der Waals surface area contributed by atoms with Crippen molar-refractivity contribution in [2.45, 2.75) is 77.3 Å². The first-order chi connectivity index (χ1) is 13.1. The molecule has 3 aliphatic rings. The average molecular weight is 374 g/mol. The molecule has 2 fully saturated rings. The molecule has 7 heteroatoms. The summed E-state index contributed by atoms with van der Waals surface area (Å²) in [5, 5.41) is 8.87. The van der Waals surface area contributed by atoms with Gasteiger partial charge in [0.1, 0.15) is 5.82 Å². The second-order valence-corrected chi connectivity index (χ2v) is 8.32. The van der Waals surface area contributed by atoms with Crippen molar-refractivity contribution in [3.8, 4) is 0 Å². The average Bonchev–Trinajstić information content (AvgIpc) is 3.38. The molecule has 1 saturated heterocycles. The van der Waals surface area contributed by atoms with Gasteiger partial charge in [0, 0.05) is 45.9 Å². The van der Waals surface area contributed by atoms with E-state index in [0.29, 0.717) is 19.5 Å². The summed E-state index contributed by atoms with van der Waals surface area (Å²) in [6.45, 7) is 4.56. The Balaban J connectivity index is 1.44. The fraction of sp³-hybridized carbons (Fsp3) is 0.800. The van der Waals surface area contributed by atoms with Crippen LogP contribution in [-0.4, -0.2) is 56.0 Å². The Morgan fingerprint density at radius 1 is 1.00 bits per heavy atom. The molecule has 0 N–H and O–H groups in total. The Hall–Kier alpha value is -1.92. The Bertz CT molecular complexity index is 695. The number of aromatic nitrogens is 3. The van der Waals surface area contributed by atoms with Crippen LogP contribution in [0.1, 0.15) is 76.0 Å². The topological polar surface area (TPSA) is 71.3 Å². The van der Waals surface area contributed by atoms with E-state index in [1.54, 1.807) is 6.92 Å². The van der Waals surface area contributed by atoms with Crippen molar-refractivity contribution < 1.29 is 9.59 Å². The Morgan fingerprint density at radius 3 is 2.59 bits per heavy atom. The largest absolute Gasteiger partial charge is 0.341 e. The lowest BCUT2D eigenvalue weighted by atomic mass is 10.0. The van der Waals surface area contributed by atoms with Crippen LogP contribution < -0.4 is 0 Å². The fourth-order valence-corrected chi connectivity index (χ4v) is 5.01. The molecular formula is C20H31N5O2. The number of hydrogen-bond acceptors (Lipinski definition) is 4. The summed E-state index contributed by atoms with van der Waals surface area (Å²) in [5.41, 5.74) is 0. The molecule has 0 radical (unpaired) electrons. The van der Waals surface area contributed by atoms with Crippen molar-refractivity contribution in [2.75, 3.05) is 19.6 Å². The molecule has 148 valence electrons. The first kappa shape index (κ1) is 18.4. The minimum atomic E-state index is 0.0474. The standard InChI is InChI=1S/C20H31N5O2/c1-15(26)23-12-10-18-21-22-20(25(18)14-13-23)17-7-4-11-24(17)19(27)9-8-16-5-2-3-6-16/h16-17H,2-14H2,1H3. The van der Waals surface area contributed by atoms with Gasteiger partial charge >= 0.3 is 0 Å². The molecule has 1 saturated carbocycles. The summed E-state index contributed by atoms with van der Waals surface area (Å²) < 4.78 is 2.16. The van der Waals surface area contributed by atoms with Crippen LogP contribution in [0.3, 0.4) is 0 Å². The second kappa shape index (κ2) is 7.98. The van der Waals surface area contributed by atoms with Crippen molar-refractivity contribution in [3.05, 3.63) is 11.6 Å². The van der Waals surface area contributed by atoms with Crippen LogP contribution in [0.25, 0.3) is 0 Å². The molecule has 1 aromatic rings. The van der Waals surface area contributed by atoms with Gasteiger partial charge in [0.25, 0.3) is 0 Å². The van der Waals surface area contributed by atoms with Gasteiger partial charge in [-0.1, -0.05) is 25.7 Å². The van der Waals surface area contributed by atoms with Crippen molar-refractivity contribution in [1.82, 2.24) is 24.6 Å². The third-order valence-electron chi connectivity index (χ3n) is 6.61. The zero-order valence-corrected chi connectivity index (χ0v) is 16.4. The molecule has 2 amide bonds. The molecule has 1 atom stereocenters. The number of nitrogens with zero attached hydrogens (tertiary/aromatic N) is 5. The molecular weight excluding hydrogens is 342 g/mol. The lowest BCUT2D eigenvalue weighted by molar-refractivity contribution is -0.132. The monoisotopic (exact) mass is 373 g/mol. The summed E-state index contributed by atoms with van der Waals surface area (Å²) in [6, 6.07) is 0.0474. The lowest BCUT2D eigenvalue weighted by Crippen LogP contribution is -2.33. The molecule has 1 aliphatic carbocycles. The third kappa shape index (κ3) is 3.87. The molecule has 0 aromatic carbocycles. The van der Waals surface area contributed by atoms with Crippen LogP contribution in [0.5, 0.6) is 0 Å². The van der Waals surface area contributed by atoms with E-state index in [9.17, 15) is 9.59 Å². The van der Waals surface area contributed by atoms with E-state index in [0.717, 1.165) is 56.3 Å². The number of hydrogen-bond donors (Lipinski definition) is 0. The molecule has 4 rings (SSSR count). The maximum Gasteiger partial charge on any atom is 0.223 e. The highest BCUT2D eigenvalue weighted by Crippen LogP contribution is 2.34. The Labute approximate surface area is 161 Å². The minimum Gasteiger partial charge on any atom is -0.341 e. The number of rotatable bonds is 4. The molecule has 0 bridgehead atoms. The first-order valence-electron chi connectivity index (χ1n) is 10.6. The van der Waals surface area contributed by atoms with Gasteiger partial charge in [-0.25, -0.2) is 0 Å². The summed E-state index contributed by atoms with van der Waals surface area (Å²) >= 11 is 0. The van der Waals surface area contributed by atoms with Gasteiger partial charge in [-0.2, -0.15) is 0 Å². The van der Waals surface area contributed by atoms with E-state index in [-0.39, 0.29) is 17.9 Å². The van der Waals surface area contributed by atoms with E-state index >= 15 is 0 Å². The van der Waals surface area contributed by atoms with E-state index in [1.165, 1.54) is 25.7 Å². The van der Waals surface area contributed by atoms with Gasteiger partial charge in [-0.3, -0.25) is 9.59 Å². The van der Waals surface area contributed by atoms with Crippen LogP contribution in [-0.2, 0) is 22.6 Å². The molecule has 7 nitrogen and oxygen atoms in total. The highest BCUT2D eigenvalue weighted by atomic mass is 16.2. The fourth-order valence-electron chi connectivity index (χ4n) is 5.01. The summed E-state index contributed by atoms with van der Waals surface area (Å²) in [6.07, 6.45) is 9.67. The summed E-state index contributed by atoms with van der Waals surface area (Å²) in [4.78, 5) is 28.5. The van der Waals surface area contributed by atoms with Crippen LogP contribution in [0.2, 0.25) is 0 Å². The molecule has 1 aromatic heterocycles. The van der Waals surface area contributed by atoms with Gasteiger partial charge in [0.15, 0.2) is 5.82 Å². The summed E-state index contributed by atoms with van der Waals surface area (Å²) in [7, 11) is 0. The van der Waals surface area contributed by atoms with Gasteiger partial charge in [-0.15, -0.1) is 10.2 Å². The van der Waals surface area contributed by atoms with Gasteiger partial charge < -0.3 is 14.4 Å². The molecule has 3 heterocycles. The van der Waals surface area contributed by atoms with Crippen LogP contribution >= 0.6 is 0 Å². The zero-order chi connectivity index (χ0) is 18.8. The zero-order valence-electron chi connectivity index (χ0n) is 16.4. The second-order valence-electron chi connectivity index (χ2n) is 8.32. The molecule has 27 heavy (non-hydrogen) atoms. The van der Waals surface area contributed by atoms with Crippen molar-refractivity contribution in [3.63, 3.8) is 0 Å². The van der Waals surface area contributed by atoms with Gasteiger partial charge in [0.05, 0.1) is 6.04 Å². The van der Waals surface area contributed by atoms with Crippen LogP contribution in [0.4, 0.5) is 0 Å². The number of fused-ring (bicyclic) bond motifs is 1. The number of amides is 2. The predicted molar refractivity (Wildman–Crippen MR) is 101 cm³/mol. The van der Waals surface area contributed by atoms with Crippen LogP contribution in [0.15, 0.2) is 0 Å². The SMILES string of the molecule is CC(=O)N1CCc2nnc(C3CCCN3C(=O)CCC3CCCC3)n2CC1. The minimum absolute atomic E-state index is 0.0474. The van der Waals surface area contributed by atoms with E-state index in [2.05, 4.69) is 14.8 Å². The van der Waals surface area contributed by atoms with E-state index in [1.807, 2.05) is 9.80 Å². The number of likely N-dealkylation sites (tertiary alicyclic amines) is 1. The first-order valence-corrected chi connectivity index (χ1v) is 10.6. The molecule has 1 unspecified atom stereocenters. The number of carbonyl (C=O) groups excluding carboxylic acids is 2. The summed E-state index contributed by atoms with van der Waals surface area (Å²) in [5.74, 6) is 3.00. The van der Waals surface area contributed by atoms with Gasteiger partial charge in [0.2, 0.25) is 11.8 Å². The maximum absolute atomic E-state index is 12.9. The third-order valence-corrected chi connectivity index (χ3v) is 6.61. The molecule has 0 spiro atoms. The van der Waals surface area contributed by atoms with Crippen molar-refractivity contribution >= 4 is 11.8 Å². The van der Waals surface area contributed by atoms with Gasteiger partial charge in [-0.05, 0) is 25.2 Å². The van der Waals surface area contributed by atoms with E-state index < -0.39 is 0 Å². The highest BCUT2D eigenvalue weighted by molar-refractivity contribution is 5.77. The smallest absolute Gasteiger partial charge is 0.223 e. The predicted octanol–water partition coefficient (Wildman–Crippen LogP) is 2.32. The Kier molecular flexibility index (Phi) is 5.45.